The lowest BCUT2D eigenvalue weighted by Gasteiger charge is -2.28. The molecule has 1 aliphatic rings. The molecule has 0 radical (unpaired) electrons. The van der Waals surface area contributed by atoms with Gasteiger partial charge in [0.15, 0.2) is 0 Å². The summed E-state index contributed by atoms with van der Waals surface area (Å²) in [5, 5.41) is 8.97. The first kappa shape index (κ1) is 12.8. The molecule has 0 saturated carbocycles. The van der Waals surface area contributed by atoms with Crippen molar-refractivity contribution in [1.82, 2.24) is 4.90 Å². The molecule has 3 nitrogen and oxygen atoms in total. The Morgan fingerprint density at radius 1 is 1.60 bits per heavy atom. The fourth-order valence-electron chi connectivity index (χ4n) is 1.82. The predicted molar refractivity (Wildman–Crippen MR) is 64.0 cm³/mol. The van der Waals surface area contributed by atoms with E-state index in [-0.39, 0.29) is 23.8 Å². The molecule has 0 aromatic rings. The van der Waals surface area contributed by atoms with E-state index in [1.54, 1.807) is 11.8 Å². The fourth-order valence-corrected chi connectivity index (χ4v) is 3.05. The van der Waals surface area contributed by atoms with Gasteiger partial charge in [-0.2, -0.15) is 0 Å². The highest BCUT2D eigenvalue weighted by Crippen LogP contribution is 2.28. The minimum absolute atomic E-state index is 0.161. The SMILES string of the molecule is CC(C)N(CCCO)C(=O)C1CCCS1. The van der Waals surface area contributed by atoms with Crippen LogP contribution in [0.3, 0.4) is 0 Å². The number of hydrogen-bond acceptors (Lipinski definition) is 3. The summed E-state index contributed by atoms with van der Waals surface area (Å²) in [4.78, 5) is 14.0. The molecule has 1 atom stereocenters. The molecule has 0 aromatic carbocycles. The summed E-state index contributed by atoms with van der Waals surface area (Å²) in [6.45, 7) is 4.92. The van der Waals surface area contributed by atoms with E-state index in [0.29, 0.717) is 13.0 Å². The van der Waals surface area contributed by atoms with Gasteiger partial charge in [-0.25, -0.2) is 0 Å². The average Bonchev–Trinajstić information content (AvgIpc) is 2.70. The van der Waals surface area contributed by atoms with Gasteiger partial charge < -0.3 is 10.0 Å². The first-order valence-corrected chi connectivity index (χ1v) is 6.74. The van der Waals surface area contributed by atoms with E-state index in [9.17, 15) is 4.79 Å². The Kier molecular flexibility index (Phi) is 5.47. The highest BCUT2D eigenvalue weighted by Gasteiger charge is 2.28. The molecule has 1 N–H and O–H groups in total. The zero-order valence-electron chi connectivity index (χ0n) is 9.61. The van der Waals surface area contributed by atoms with Crippen LogP contribution in [-0.4, -0.2) is 46.1 Å². The van der Waals surface area contributed by atoms with Crippen molar-refractivity contribution in [3.8, 4) is 0 Å². The van der Waals surface area contributed by atoms with Crippen molar-refractivity contribution in [1.29, 1.82) is 0 Å². The molecule has 1 amide bonds. The summed E-state index contributed by atoms with van der Waals surface area (Å²) in [5.41, 5.74) is 0. The van der Waals surface area contributed by atoms with Crippen LogP contribution in [0.2, 0.25) is 0 Å². The molecule has 0 aromatic heterocycles. The van der Waals surface area contributed by atoms with Crippen LogP contribution >= 0.6 is 11.8 Å². The maximum Gasteiger partial charge on any atom is 0.235 e. The Morgan fingerprint density at radius 2 is 2.33 bits per heavy atom. The molecular weight excluding hydrogens is 210 g/mol. The summed E-state index contributed by atoms with van der Waals surface area (Å²) < 4.78 is 0. The number of carbonyl (C=O) groups is 1. The van der Waals surface area contributed by atoms with E-state index >= 15 is 0 Å². The predicted octanol–water partition coefficient (Wildman–Crippen LogP) is 1.50. The van der Waals surface area contributed by atoms with Crippen LogP contribution in [0.5, 0.6) is 0 Å². The molecule has 15 heavy (non-hydrogen) atoms. The molecule has 1 rings (SSSR count). The molecule has 1 saturated heterocycles. The number of aliphatic hydroxyl groups is 1. The van der Waals surface area contributed by atoms with Gasteiger partial charge in [0.25, 0.3) is 0 Å². The van der Waals surface area contributed by atoms with Crippen molar-refractivity contribution in [3.05, 3.63) is 0 Å². The Hall–Kier alpha value is -0.220. The van der Waals surface area contributed by atoms with Crippen LogP contribution in [0.25, 0.3) is 0 Å². The van der Waals surface area contributed by atoms with Gasteiger partial charge in [-0.15, -0.1) is 11.8 Å². The monoisotopic (exact) mass is 231 g/mol. The summed E-state index contributed by atoms with van der Waals surface area (Å²) in [5.74, 6) is 1.38. The van der Waals surface area contributed by atoms with E-state index in [2.05, 4.69) is 0 Å². The summed E-state index contributed by atoms with van der Waals surface area (Å²) in [6.07, 6.45) is 2.86. The van der Waals surface area contributed by atoms with E-state index in [1.165, 1.54) is 0 Å². The van der Waals surface area contributed by atoms with Crippen molar-refractivity contribution in [2.75, 3.05) is 18.9 Å². The van der Waals surface area contributed by atoms with Gasteiger partial charge in [0.05, 0.1) is 5.25 Å². The Bertz CT molecular complexity index is 203. The largest absolute Gasteiger partial charge is 0.396 e. The molecule has 0 bridgehead atoms. The number of rotatable bonds is 5. The molecule has 1 fully saturated rings. The fraction of sp³-hybridized carbons (Fsp3) is 0.909. The van der Waals surface area contributed by atoms with Crippen molar-refractivity contribution >= 4 is 17.7 Å². The van der Waals surface area contributed by atoms with Crippen LogP contribution < -0.4 is 0 Å². The first-order valence-electron chi connectivity index (χ1n) is 5.69. The maximum absolute atomic E-state index is 12.1. The smallest absolute Gasteiger partial charge is 0.235 e. The third-order valence-electron chi connectivity index (χ3n) is 2.67. The lowest BCUT2D eigenvalue weighted by atomic mass is 10.2. The third kappa shape index (κ3) is 3.68. The second kappa shape index (κ2) is 6.38. The van der Waals surface area contributed by atoms with Gasteiger partial charge in [0.1, 0.15) is 0 Å². The van der Waals surface area contributed by atoms with Crippen molar-refractivity contribution < 1.29 is 9.90 Å². The second-order valence-electron chi connectivity index (χ2n) is 4.20. The summed E-state index contributed by atoms with van der Waals surface area (Å²) >= 11 is 1.78. The van der Waals surface area contributed by atoms with E-state index in [1.807, 2.05) is 18.7 Å². The number of hydrogen-bond donors (Lipinski definition) is 1. The van der Waals surface area contributed by atoms with Gasteiger partial charge in [-0.3, -0.25) is 4.79 Å². The zero-order valence-corrected chi connectivity index (χ0v) is 10.4. The quantitative estimate of drug-likeness (QED) is 0.779. The van der Waals surface area contributed by atoms with Crippen molar-refractivity contribution in [2.45, 2.75) is 44.4 Å². The average molecular weight is 231 g/mol. The Morgan fingerprint density at radius 3 is 2.80 bits per heavy atom. The van der Waals surface area contributed by atoms with Gasteiger partial charge in [-0.05, 0) is 38.9 Å². The van der Waals surface area contributed by atoms with Crippen molar-refractivity contribution in [2.24, 2.45) is 0 Å². The second-order valence-corrected chi connectivity index (χ2v) is 5.51. The van der Waals surface area contributed by atoms with Crippen LogP contribution in [0.1, 0.15) is 33.1 Å². The highest BCUT2D eigenvalue weighted by atomic mass is 32.2. The van der Waals surface area contributed by atoms with Crippen LogP contribution in [0, 0.1) is 0 Å². The normalized spacial score (nSPS) is 20.9. The number of carbonyl (C=O) groups excluding carboxylic acids is 1. The van der Waals surface area contributed by atoms with Gasteiger partial charge in [0.2, 0.25) is 5.91 Å². The van der Waals surface area contributed by atoms with Gasteiger partial charge in [0, 0.05) is 19.2 Å². The van der Waals surface area contributed by atoms with Crippen molar-refractivity contribution in [3.63, 3.8) is 0 Å². The van der Waals surface area contributed by atoms with E-state index in [4.69, 9.17) is 5.11 Å². The minimum atomic E-state index is 0.161. The van der Waals surface area contributed by atoms with Crippen LogP contribution in [0.4, 0.5) is 0 Å². The number of nitrogens with zero attached hydrogens (tertiary/aromatic N) is 1. The summed E-state index contributed by atoms with van der Waals surface area (Å²) in [7, 11) is 0. The number of amides is 1. The molecule has 1 aliphatic heterocycles. The molecule has 88 valence electrons. The van der Waals surface area contributed by atoms with Crippen LogP contribution in [0.15, 0.2) is 0 Å². The Labute approximate surface area is 96.2 Å². The van der Waals surface area contributed by atoms with E-state index in [0.717, 1.165) is 18.6 Å². The van der Waals surface area contributed by atoms with E-state index < -0.39 is 0 Å². The molecular formula is C11H21NO2S. The summed E-state index contributed by atoms with van der Waals surface area (Å²) in [6, 6.07) is 0.241. The molecule has 0 aliphatic carbocycles. The minimum Gasteiger partial charge on any atom is -0.396 e. The topological polar surface area (TPSA) is 40.5 Å². The molecule has 4 heteroatoms. The first-order chi connectivity index (χ1) is 7.16. The zero-order chi connectivity index (χ0) is 11.3. The molecule has 1 heterocycles. The van der Waals surface area contributed by atoms with Gasteiger partial charge in [-0.1, -0.05) is 0 Å². The van der Waals surface area contributed by atoms with Crippen LogP contribution in [-0.2, 0) is 4.79 Å². The number of aliphatic hydroxyl groups excluding tert-OH is 1. The van der Waals surface area contributed by atoms with Gasteiger partial charge >= 0.3 is 0 Å². The highest BCUT2D eigenvalue weighted by molar-refractivity contribution is 8.00. The lowest BCUT2D eigenvalue weighted by molar-refractivity contribution is -0.132. The molecule has 1 unspecified atom stereocenters. The molecule has 0 spiro atoms. The maximum atomic E-state index is 12.1. The number of thioether (sulfide) groups is 1. The standard InChI is InChI=1S/C11H21NO2S/c1-9(2)12(6-4-7-13)11(14)10-5-3-8-15-10/h9-10,13H,3-8H2,1-2H3. The Balaban J connectivity index is 2.49. The lowest BCUT2D eigenvalue weighted by Crippen LogP contribution is -2.42. The third-order valence-corrected chi connectivity index (χ3v) is 4.03.